The van der Waals surface area contributed by atoms with Crippen LogP contribution in [0, 0.1) is 3.57 Å². The second-order valence-corrected chi connectivity index (χ2v) is 5.51. The van der Waals surface area contributed by atoms with Crippen LogP contribution in [0.2, 0.25) is 5.02 Å². The second kappa shape index (κ2) is 6.41. The number of ether oxygens (including phenoxy) is 1. The van der Waals surface area contributed by atoms with Crippen LogP contribution in [0.3, 0.4) is 0 Å². The third-order valence-corrected chi connectivity index (χ3v) is 3.45. The van der Waals surface area contributed by atoms with Gasteiger partial charge in [0.05, 0.1) is 6.61 Å². The van der Waals surface area contributed by atoms with Crippen molar-refractivity contribution in [2.45, 2.75) is 13.2 Å². The average Bonchev–Trinajstić information content (AvgIpc) is 2.39. The van der Waals surface area contributed by atoms with Crippen molar-refractivity contribution < 1.29 is 9.84 Å². The Bertz CT molecular complexity index is 526. The Balaban J connectivity index is 2.08. The molecule has 0 aliphatic carbocycles. The molecule has 0 saturated carbocycles. The summed E-state index contributed by atoms with van der Waals surface area (Å²) in [5.74, 6) is 0.667. The van der Waals surface area contributed by atoms with Crippen LogP contribution in [0.1, 0.15) is 11.1 Å². The topological polar surface area (TPSA) is 29.5 Å². The lowest BCUT2D eigenvalue weighted by Gasteiger charge is -2.10. The highest BCUT2D eigenvalue weighted by atomic mass is 127. The molecule has 0 aliphatic heterocycles. The molecule has 2 aromatic carbocycles. The van der Waals surface area contributed by atoms with Gasteiger partial charge < -0.3 is 9.84 Å². The average molecular weight is 375 g/mol. The van der Waals surface area contributed by atoms with Gasteiger partial charge in [0.25, 0.3) is 0 Å². The van der Waals surface area contributed by atoms with Gasteiger partial charge in [-0.15, -0.1) is 0 Å². The quantitative estimate of drug-likeness (QED) is 0.819. The van der Waals surface area contributed by atoms with Crippen molar-refractivity contribution in [3.63, 3.8) is 0 Å². The largest absolute Gasteiger partial charge is 0.489 e. The van der Waals surface area contributed by atoms with Gasteiger partial charge in [-0.1, -0.05) is 23.7 Å². The first-order valence-electron chi connectivity index (χ1n) is 5.45. The molecule has 2 nitrogen and oxygen atoms in total. The molecule has 4 heteroatoms. The number of halogens is 2. The van der Waals surface area contributed by atoms with Crippen molar-refractivity contribution in [1.82, 2.24) is 0 Å². The van der Waals surface area contributed by atoms with Gasteiger partial charge in [0.1, 0.15) is 12.4 Å². The molecule has 0 radical (unpaired) electrons. The molecular formula is C14H12ClIO2. The van der Waals surface area contributed by atoms with E-state index in [1.54, 1.807) is 18.2 Å². The lowest BCUT2D eigenvalue weighted by molar-refractivity contribution is 0.259. The van der Waals surface area contributed by atoms with Gasteiger partial charge in [0, 0.05) is 14.2 Å². The van der Waals surface area contributed by atoms with Crippen molar-refractivity contribution in [1.29, 1.82) is 0 Å². The number of aliphatic hydroxyl groups excluding tert-OH is 1. The van der Waals surface area contributed by atoms with Crippen LogP contribution in [-0.4, -0.2) is 5.11 Å². The number of rotatable bonds is 4. The van der Waals surface area contributed by atoms with E-state index in [0.717, 1.165) is 5.56 Å². The molecule has 0 fully saturated rings. The van der Waals surface area contributed by atoms with Gasteiger partial charge in [-0.3, -0.25) is 0 Å². The standard InChI is InChI=1S/C14H12ClIO2/c15-12-3-6-14(11(7-12)8-17)18-9-10-1-4-13(16)5-2-10/h1-7,17H,8-9H2. The number of benzene rings is 2. The third kappa shape index (κ3) is 3.60. The molecule has 0 amide bonds. The molecule has 0 unspecified atom stereocenters. The van der Waals surface area contributed by atoms with Gasteiger partial charge >= 0.3 is 0 Å². The number of hydrogen-bond acceptors (Lipinski definition) is 2. The van der Waals surface area contributed by atoms with E-state index in [9.17, 15) is 5.11 Å². The van der Waals surface area contributed by atoms with Crippen molar-refractivity contribution in [2.75, 3.05) is 0 Å². The van der Waals surface area contributed by atoms with Gasteiger partial charge in [-0.25, -0.2) is 0 Å². The van der Waals surface area contributed by atoms with E-state index in [2.05, 4.69) is 22.6 Å². The molecule has 0 spiro atoms. The van der Waals surface area contributed by atoms with Crippen LogP contribution in [0.5, 0.6) is 5.75 Å². The molecule has 0 bridgehead atoms. The maximum absolute atomic E-state index is 9.24. The molecule has 18 heavy (non-hydrogen) atoms. The smallest absolute Gasteiger partial charge is 0.125 e. The Labute approximate surface area is 125 Å². The van der Waals surface area contributed by atoms with Crippen LogP contribution < -0.4 is 4.74 Å². The summed E-state index contributed by atoms with van der Waals surface area (Å²) in [6.45, 7) is 0.397. The van der Waals surface area contributed by atoms with E-state index in [4.69, 9.17) is 16.3 Å². The van der Waals surface area contributed by atoms with E-state index in [1.165, 1.54) is 3.57 Å². The number of hydrogen-bond donors (Lipinski definition) is 1. The minimum absolute atomic E-state index is 0.0808. The predicted molar refractivity (Wildman–Crippen MR) is 80.9 cm³/mol. The van der Waals surface area contributed by atoms with Crippen LogP contribution in [0.25, 0.3) is 0 Å². The molecule has 0 saturated heterocycles. The molecule has 2 rings (SSSR count). The first-order valence-corrected chi connectivity index (χ1v) is 6.91. The fraction of sp³-hybridized carbons (Fsp3) is 0.143. The Morgan fingerprint density at radius 3 is 2.50 bits per heavy atom. The normalized spacial score (nSPS) is 10.4. The minimum atomic E-state index is -0.0808. The van der Waals surface area contributed by atoms with Crippen molar-refractivity contribution >= 4 is 34.2 Å². The summed E-state index contributed by atoms with van der Waals surface area (Å²) in [6.07, 6.45) is 0. The third-order valence-electron chi connectivity index (χ3n) is 2.50. The summed E-state index contributed by atoms with van der Waals surface area (Å²) in [6, 6.07) is 13.4. The highest BCUT2D eigenvalue weighted by Gasteiger charge is 2.04. The van der Waals surface area contributed by atoms with Crippen LogP contribution in [0.15, 0.2) is 42.5 Å². The molecule has 1 N–H and O–H groups in total. The van der Waals surface area contributed by atoms with E-state index in [-0.39, 0.29) is 6.61 Å². The molecule has 0 aromatic heterocycles. The number of aliphatic hydroxyl groups is 1. The van der Waals surface area contributed by atoms with Gasteiger partial charge in [0.15, 0.2) is 0 Å². The predicted octanol–water partition coefficient (Wildman–Crippen LogP) is 4.02. The fourth-order valence-corrected chi connectivity index (χ4v) is 2.11. The van der Waals surface area contributed by atoms with Gasteiger partial charge in [-0.2, -0.15) is 0 Å². The molecule has 0 aliphatic rings. The van der Waals surface area contributed by atoms with Crippen LogP contribution in [-0.2, 0) is 13.2 Å². The summed E-state index contributed by atoms with van der Waals surface area (Å²) in [7, 11) is 0. The van der Waals surface area contributed by atoms with E-state index < -0.39 is 0 Å². The Morgan fingerprint density at radius 1 is 1.11 bits per heavy atom. The molecule has 94 valence electrons. The zero-order valence-electron chi connectivity index (χ0n) is 9.57. The summed E-state index contributed by atoms with van der Waals surface area (Å²) in [4.78, 5) is 0. The second-order valence-electron chi connectivity index (χ2n) is 3.83. The van der Waals surface area contributed by atoms with Gasteiger partial charge in [-0.05, 0) is 58.5 Å². The Morgan fingerprint density at radius 2 is 1.83 bits per heavy atom. The first-order chi connectivity index (χ1) is 8.69. The van der Waals surface area contributed by atoms with Crippen molar-refractivity contribution in [3.8, 4) is 5.75 Å². The maximum atomic E-state index is 9.24. The molecule has 2 aromatic rings. The van der Waals surface area contributed by atoms with Crippen LogP contribution >= 0.6 is 34.2 Å². The Kier molecular flexibility index (Phi) is 4.86. The first kappa shape index (κ1) is 13.6. The minimum Gasteiger partial charge on any atom is -0.489 e. The van der Waals surface area contributed by atoms with E-state index >= 15 is 0 Å². The Hall–Kier alpha value is -0.780. The summed E-state index contributed by atoms with van der Waals surface area (Å²) < 4.78 is 6.88. The molecule has 0 atom stereocenters. The van der Waals surface area contributed by atoms with E-state index in [1.807, 2.05) is 24.3 Å². The summed E-state index contributed by atoms with van der Waals surface area (Å²) in [5, 5.41) is 9.83. The maximum Gasteiger partial charge on any atom is 0.125 e. The van der Waals surface area contributed by atoms with Gasteiger partial charge in [0.2, 0.25) is 0 Å². The summed E-state index contributed by atoms with van der Waals surface area (Å²) >= 11 is 8.13. The highest BCUT2D eigenvalue weighted by molar-refractivity contribution is 14.1. The highest BCUT2D eigenvalue weighted by Crippen LogP contribution is 2.23. The van der Waals surface area contributed by atoms with Crippen molar-refractivity contribution in [2.24, 2.45) is 0 Å². The monoisotopic (exact) mass is 374 g/mol. The fourth-order valence-electron chi connectivity index (χ4n) is 1.55. The lowest BCUT2D eigenvalue weighted by atomic mass is 10.2. The van der Waals surface area contributed by atoms with E-state index in [0.29, 0.717) is 22.9 Å². The van der Waals surface area contributed by atoms with Crippen molar-refractivity contribution in [3.05, 3.63) is 62.2 Å². The molecular weight excluding hydrogens is 363 g/mol. The van der Waals surface area contributed by atoms with Crippen LogP contribution in [0.4, 0.5) is 0 Å². The zero-order valence-corrected chi connectivity index (χ0v) is 12.5. The SMILES string of the molecule is OCc1cc(Cl)ccc1OCc1ccc(I)cc1. The lowest BCUT2D eigenvalue weighted by Crippen LogP contribution is -1.98. The molecule has 0 heterocycles. The zero-order chi connectivity index (χ0) is 13.0. The summed E-state index contributed by atoms with van der Waals surface area (Å²) in [5.41, 5.74) is 1.79.